The van der Waals surface area contributed by atoms with Crippen molar-refractivity contribution in [2.45, 2.75) is 84.3 Å². The van der Waals surface area contributed by atoms with E-state index in [0.717, 1.165) is 5.92 Å². The van der Waals surface area contributed by atoms with Crippen LogP contribution < -0.4 is 0 Å². The lowest BCUT2D eigenvalue weighted by atomic mass is 9.63. The van der Waals surface area contributed by atoms with E-state index in [1.54, 1.807) is 0 Å². The summed E-state index contributed by atoms with van der Waals surface area (Å²) in [5, 5.41) is 0. The van der Waals surface area contributed by atoms with Gasteiger partial charge in [-0.25, -0.2) is 0 Å². The molecule has 94 valence electrons. The van der Waals surface area contributed by atoms with Crippen molar-refractivity contribution in [3.05, 3.63) is 0 Å². The molecule has 0 aromatic rings. The molecule has 1 heteroatoms. The Morgan fingerprint density at radius 2 is 2.06 bits per heavy atom. The molecule has 0 spiro atoms. The molecule has 1 heterocycles. The Bertz CT molecular complexity index is 250. The molecule has 1 saturated heterocycles. The van der Waals surface area contributed by atoms with Crippen LogP contribution in [-0.4, -0.2) is 11.7 Å². The van der Waals surface area contributed by atoms with Gasteiger partial charge in [-0.05, 0) is 50.4 Å². The van der Waals surface area contributed by atoms with E-state index in [2.05, 4.69) is 27.7 Å². The highest BCUT2D eigenvalue weighted by atomic mass is 16.5. The van der Waals surface area contributed by atoms with Gasteiger partial charge in [0.25, 0.3) is 0 Å². The van der Waals surface area contributed by atoms with E-state index < -0.39 is 0 Å². The highest BCUT2D eigenvalue weighted by Crippen LogP contribution is 2.58. The molecule has 2 rings (SSSR count). The van der Waals surface area contributed by atoms with Crippen LogP contribution in [0.3, 0.4) is 0 Å². The van der Waals surface area contributed by atoms with E-state index in [9.17, 15) is 0 Å². The number of hydrogen-bond acceptors (Lipinski definition) is 1. The Hall–Kier alpha value is -0.0400. The van der Waals surface area contributed by atoms with Crippen LogP contribution >= 0.6 is 0 Å². The van der Waals surface area contributed by atoms with Crippen LogP contribution in [0, 0.1) is 11.3 Å². The van der Waals surface area contributed by atoms with Gasteiger partial charge in [-0.3, -0.25) is 0 Å². The number of unbranched alkanes of at least 4 members (excludes halogenated alkanes) is 1. The smallest absolute Gasteiger partial charge is 0.0690 e. The summed E-state index contributed by atoms with van der Waals surface area (Å²) in [6, 6.07) is 0. The fourth-order valence-corrected chi connectivity index (χ4v) is 3.94. The van der Waals surface area contributed by atoms with Crippen LogP contribution in [0.15, 0.2) is 0 Å². The Morgan fingerprint density at radius 1 is 1.31 bits per heavy atom. The van der Waals surface area contributed by atoms with Crippen molar-refractivity contribution in [3.8, 4) is 0 Å². The summed E-state index contributed by atoms with van der Waals surface area (Å²) in [4.78, 5) is 0. The summed E-state index contributed by atoms with van der Waals surface area (Å²) in [6.07, 6.45) is 9.85. The molecule has 0 radical (unpaired) electrons. The maximum Gasteiger partial charge on any atom is 0.0690 e. The highest BCUT2D eigenvalue weighted by molar-refractivity contribution is 5.06. The fourth-order valence-electron chi connectivity index (χ4n) is 3.94. The summed E-state index contributed by atoms with van der Waals surface area (Å²) < 4.78 is 6.48. The van der Waals surface area contributed by atoms with Crippen LogP contribution in [0.2, 0.25) is 0 Å². The molecule has 1 aliphatic carbocycles. The predicted octanol–water partition coefficient (Wildman–Crippen LogP) is 4.55. The van der Waals surface area contributed by atoms with Gasteiger partial charge in [0.15, 0.2) is 0 Å². The predicted molar refractivity (Wildman–Crippen MR) is 68.5 cm³/mol. The molecule has 0 N–H and O–H groups in total. The lowest BCUT2D eigenvalue weighted by Gasteiger charge is -2.40. The first-order chi connectivity index (χ1) is 7.56. The van der Waals surface area contributed by atoms with Crippen LogP contribution in [0.4, 0.5) is 0 Å². The number of rotatable bonds is 4. The summed E-state index contributed by atoms with van der Waals surface area (Å²) >= 11 is 0. The lowest BCUT2D eigenvalue weighted by molar-refractivity contribution is -0.0643. The second-order valence-corrected chi connectivity index (χ2v) is 6.39. The third-order valence-electron chi connectivity index (χ3n) is 5.44. The van der Waals surface area contributed by atoms with Crippen LogP contribution in [0.25, 0.3) is 0 Å². The molecule has 2 bridgehead atoms. The summed E-state index contributed by atoms with van der Waals surface area (Å²) in [5.41, 5.74) is 0.711. The zero-order valence-corrected chi connectivity index (χ0v) is 11.5. The minimum atomic E-state index is 0.187. The third-order valence-corrected chi connectivity index (χ3v) is 5.44. The van der Waals surface area contributed by atoms with Gasteiger partial charge in [0.1, 0.15) is 0 Å². The average Bonchev–Trinajstić information content (AvgIpc) is 2.53. The standard InChI is InChI=1S/C15H28O/c1-5-7-8-13-15(6-2)10-9-12(3)14(4,11-15)16-13/h12-13H,5-11H2,1-4H3. The van der Waals surface area contributed by atoms with Crippen molar-refractivity contribution >= 4 is 0 Å². The molecule has 2 aliphatic rings. The maximum absolute atomic E-state index is 6.48. The van der Waals surface area contributed by atoms with E-state index in [0.29, 0.717) is 11.5 Å². The van der Waals surface area contributed by atoms with Gasteiger partial charge < -0.3 is 4.74 Å². The SMILES string of the molecule is CCCCC1OC2(C)CC1(CC)CCC2C. The molecule has 16 heavy (non-hydrogen) atoms. The minimum absolute atomic E-state index is 0.187. The van der Waals surface area contributed by atoms with Crippen molar-refractivity contribution in [1.29, 1.82) is 0 Å². The normalized spacial score (nSPS) is 47.2. The highest BCUT2D eigenvalue weighted by Gasteiger charge is 2.57. The largest absolute Gasteiger partial charge is 0.371 e. The molecule has 4 unspecified atom stereocenters. The van der Waals surface area contributed by atoms with Gasteiger partial charge in [0.05, 0.1) is 11.7 Å². The monoisotopic (exact) mass is 224 g/mol. The Balaban J connectivity index is 2.14. The number of ether oxygens (including phenoxy) is 1. The van der Waals surface area contributed by atoms with Gasteiger partial charge in [0.2, 0.25) is 0 Å². The van der Waals surface area contributed by atoms with E-state index >= 15 is 0 Å². The first-order valence-corrected chi connectivity index (χ1v) is 7.24. The maximum atomic E-state index is 6.48. The van der Waals surface area contributed by atoms with Gasteiger partial charge in [0, 0.05) is 0 Å². The van der Waals surface area contributed by atoms with Crippen molar-refractivity contribution in [2.75, 3.05) is 0 Å². The van der Waals surface area contributed by atoms with Gasteiger partial charge in [-0.2, -0.15) is 0 Å². The van der Waals surface area contributed by atoms with Crippen molar-refractivity contribution in [3.63, 3.8) is 0 Å². The Morgan fingerprint density at radius 3 is 2.69 bits per heavy atom. The van der Waals surface area contributed by atoms with Crippen molar-refractivity contribution in [2.24, 2.45) is 11.3 Å². The van der Waals surface area contributed by atoms with Gasteiger partial charge >= 0.3 is 0 Å². The Labute approximate surface area is 101 Å². The van der Waals surface area contributed by atoms with Crippen LogP contribution in [0.5, 0.6) is 0 Å². The average molecular weight is 224 g/mol. The van der Waals surface area contributed by atoms with Gasteiger partial charge in [-0.15, -0.1) is 0 Å². The molecule has 4 atom stereocenters. The molecule has 1 saturated carbocycles. The molecule has 0 amide bonds. The lowest BCUT2D eigenvalue weighted by Crippen LogP contribution is -2.38. The second-order valence-electron chi connectivity index (χ2n) is 6.39. The quantitative estimate of drug-likeness (QED) is 0.680. The molecule has 0 aromatic carbocycles. The fraction of sp³-hybridized carbons (Fsp3) is 1.00. The molecular weight excluding hydrogens is 196 g/mol. The van der Waals surface area contributed by atoms with Gasteiger partial charge in [-0.1, -0.05) is 33.6 Å². The number of fused-ring (bicyclic) bond motifs is 2. The first kappa shape index (κ1) is 12.4. The molecule has 1 aliphatic heterocycles. The second kappa shape index (κ2) is 4.33. The van der Waals surface area contributed by atoms with E-state index in [1.807, 2.05) is 0 Å². The molecule has 1 nitrogen and oxygen atoms in total. The topological polar surface area (TPSA) is 9.23 Å². The first-order valence-electron chi connectivity index (χ1n) is 7.24. The van der Waals surface area contributed by atoms with Crippen LogP contribution in [-0.2, 0) is 4.74 Å². The third kappa shape index (κ3) is 1.81. The van der Waals surface area contributed by atoms with E-state index in [4.69, 9.17) is 4.74 Å². The van der Waals surface area contributed by atoms with Crippen molar-refractivity contribution in [1.82, 2.24) is 0 Å². The van der Waals surface area contributed by atoms with E-state index in [1.165, 1.54) is 44.9 Å². The zero-order chi connectivity index (χ0) is 11.8. The minimum Gasteiger partial charge on any atom is -0.371 e. The Kier molecular flexibility index (Phi) is 3.36. The van der Waals surface area contributed by atoms with E-state index in [-0.39, 0.29) is 5.60 Å². The molecule has 2 fully saturated rings. The summed E-state index contributed by atoms with van der Waals surface area (Å²) in [5.74, 6) is 0.749. The van der Waals surface area contributed by atoms with Crippen molar-refractivity contribution < 1.29 is 4.74 Å². The molecular formula is C15H28O. The van der Waals surface area contributed by atoms with Crippen LogP contribution in [0.1, 0.15) is 72.6 Å². The summed E-state index contributed by atoms with van der Waals surface area (Å²) in [6.45, 7) is 9.38. The number of hydrogen-bond donors (Lipinski definition) is 0. The summed E-state index contributed by atoms with van der Waals surface area (Å²) in [7, 11) is 0. The zero-order valence-electron chi connectivity index (χ0n) is 11.5. The molecule has 0 aromatic heterocycles.